The topological polar surface area (TPSA) is 59.2 Å². The van der Waals surface area contributed by atoms with Crippen molar-refractivity contribution in [1.29, 1.82) is 0 Å². The Morgan fingerprint density at radius 3 is 2.32 bits per heavy atom. The van der Waals surface area contributed by atoms with E-state index in [1.165, 1.54) is 17.3 Å². The summed E-state index contributed by atoms with van der Waals surface area (Å²) < 4.78 is 5.72. The Hall–Kier alpha value is -2.60. The van der Waals surface area contributed by atoms with Crippen LogP contribution in [0, 0.1) is 13.8 Å². The molecule has 3 aromatic rings. The lowest BCUT2D eigenvalue weighted by Gasteiger charge is -2.16. The van der Waals surface area contributed by atoms with Crippen molar-refractivity contribution in [2.24, 2.45) is 0 Å². The Labute approximate surface area is 170 Å². The SMILES string of the molecule is CCc1ccc(CN(C)C(=O)CSc2nnc(-c3cc(C)cc(C)c3)o2)cc1. The Morgan fingerprint density at radius 2 is 1.68 bits per heavy atom. The van der Waals surface area contributed by atoms with Crippen LogP contribution in [0.15, 0.2) is 52.1 Å². The summed E-state index contributed by atoms with van der Waals surface area (Å²) in [5.41, 5.74) is 5.60. The third-order valence-electron chi connectivity index (χ3n) is 4.47. The van der Waals surface area contributed by atoms with Crippen molar-refractivity contribution in [3.8, 4) is 11.5 Å². The Morgan fingerprint density at radius 1 is 1.04 bits per heavy atom. The minimum Gasteiger partial charge on any atom is -0.411 e. The molecule has 0 unspecified atom stereocenters. The molecule has 0 radical (unpaired) electrons. The maximum absolute atomic E-state index is 12.4. The number of thioether (sulfide) groups is 1. The Kier molecular flexibility index (Phi) is 6.52. The van der Waals surface area contributed by atoms with Gasteiger partial charge in [-0.05, 0) is 43.5 Å². The van der Waals surface area contributed by atoms with Crippen LogP contribution in [0.25, 0.3) is 11.5 Å². The molecule has 28 heavy (non-hydrogen) atoms. The van der Waals surface area contributed by atoms with E-state index in [9.17, 15) is 4.79 Å². The van der Waals surface area contributed by atoms with Gasteiger partial charge in [-0.25, -0.2) is 0 Å². The lowest BCUT2D eigenvalue weighted by Crippen LogP contribution is -2.27. The molecule has 1 heterocycles. The van der Waals surface area contributed by atoms with Crippen LogP contribution in [0.1, 0.15) is 29.2 Å². The number of hydrogen-bond acceptors (Lipinski definition) is 5. The standard InChI is InChI=1S/C22H25N3O2S/c1-5-17-6-8-18(9-7-17)13-25(4)20(26)14-28-22-24-23-21(27-22)19-11-15(2)10-16(3)12-19/h6-12H,5,13-14H2,1-4H3. The summed E-state index contributed by atoms with van der Waals surface area (Å²) in [5, 5.41) is 8.58. The first-order valence-electron chi connectivity index (χ1n) is 9.31. The van der Waals surface area contributed by atoms with E-state index in [0.29, 0.717) is 17.7 Å². The van der Waals surface area contributed by atoms with Gasteiger partial charge in [0.25, 0.3) is 5.22 Å². The number of hydrogen-bond donors (Lipinski definition) is 0. The molecule has 0 fully saturated rings. The van der Waals surface area contributed by atoms with Gasteiger partial charge in [0.05, 0.1) is 5.75 Å². The molecule has 0 bridgehead atoms. The minimum atomic E-state index is 0.0238. The third kappa shape index (κ3) is 5.23. The molecule has 0 aliphatic carbocycles. The molecule has 5 nitrogen and oxygen atoms in total. The van der Waals surface area contributed by atoms with Gasteiger partial charge < -0.3 is 9.32 Å². The molecule has 6 heteroatoms. The first kappa shape index (κ1) is 20.1. The quantitative estimate of drug-likeness (QED) is 0.544. The van der Waals surface area contributed by atoms with E-state index in [1.54, 1.807) is 4.90 Å². The second-order valence-corrected chi connectivity index (χ2v) is 7.88. The van der Waals surface area contributed by atoms with E-state index >= 15 is 0 Å². The molecule has 1 aromatic heterocycles. The van der Waals surface area contributed by atoms with Gasteiger partial charge in [0.1, 0.15) is 0 Å². The minimum absolute atomic E-state index is 0.0238. The van der Waals surface area contributed by atoms with Gasteiger partial charge in [0.15, 0.2) is 0 Å². The zero-order valence-electron chi connectivity index (χ0n) is 16.7. The summed E-state index contributed by atoms with van der Waals surface area (Å²) in [6.45, 7) is 6.78. The first-order valence-corrected chi connectivity index (χ1v) is 10.3. The highest BCUT2D eigenvalue weighted by atomic mass is 32.2. The zero-order valence-corrected chi connectivity index (χ0v) is 17.5. The number of nitrogens with zero attached hydrogens (tertiary/aromatic N) is 3. The molecule has 3 rings (SSSR count). The van der Waals surface area contributed by atoms with Crippen molar-refractivity contribution in [1.82, 2.24) is 15.1 Å². The molecular formula is C22H25N3O2S. The summed E-state index contributed by atoms with van der Waals surface area (Å²) in [5.74, 6) is 0.764. The van der Waals surface area contributed by atoms with Gasteiger partial charge >= 0.3 is 0 Å². The lowest BCUT2D eigenvalue weighted by molar-refractivity contribution is -0.127. The normalized spacial score (nSPS) is 10.9. The van der Waals surface area contributed by atoms with Crippen LogP contribution in [-0.4, -0.2) is 33.8 Å². The van der Waals surface area contributed by atoms with Crippen LogP contribution in [0.3, 0.4) is 0 Å². The maximum atomic E-state index is 12.4. The molecule has 146 valence electrons. The van der Waals surface area contributed by atoms with Crippen molar-refractivity contribution < 1.29 is 9.21 Å². The molecule has 0 aliphatic heterocycles. The van der Waals surface area contributed by atoms with Crippen molar-refractivity contribution in [2.45, 2.75) is 39.0 Å². The Balaban J connectivity index is 1.56. The predicted molar refractivity (Wildman–Crippen MR) is 112 cm³/mol. The zero-order chi connectivity index (χ0) is 20.1. The second kappa shape index (κ2) is 9.06. The van der Waals surface area contributed by atoms with Crippen LogP contribution in [0.5, 0.6) is 0 Å². The fraction of sp³-hybridized carbons (Fsp3) is 0.318. The van der Waals surface area contributed by atoms with Crippen LogP contribution < -0.4 is 0 Å². The van der Waals surface area contributed by atoms with Crippen LogP contribution in [0.4, 0.5) is 0 Å². The maximum Gasteiger partial charge on any atom is 0.277 e. The van der Waals surface area contributed by atoms with Crippen molar-refractivity contribution in [3.05, 3.63) is 64.7 Å². The summed E-state index contributed by atoms with van der Waals surface area (Å²) in [7, 11) is 1.81. The van der Waals surface area contributed by atoms with E-state index in [1.807, 2.05) is 33.0 Å². The fourth-order valence-electron chi connectivity index (χ4n) is 2.96. The van der Waals surface area contributed by atoms with E-state index in [0.717, 1.165) is 28.7 Å². The monoisotopic (exact) mass is 395 g/mol. The Bertz CT molecular complexity index is 930. The number of benzene rings is 2. The molecular weight excluding hydrogens is 370 g/mol. The molecule has 0 atom stereocenters. The van der Waals surface area contributed by atoms with Gasteiger partial charge in [-0.15, -0.1) is 10.2 Å². The summed E-state index contributed by atoms with van der Waals surface area (Å²) in [6.07, 6.45) is 1.01. The fourth-order valence-corrected chi connectivity index (χ4v) is 3.66. The summed E-state index contributed by atoms with van der Waals surface area (Å²) in [6, 6.07) is 14.5. The van der Waals surface area contributed by atoms with E-state index in [4.69, 9.17) is 4.42 Å². The van der Waals surface area contributed by atoms with Gasteiger partial charge in [-0.3, -0.25) is 4.79 Å². The predicted octanol–water partition coefficient (Wildman–Crippen LogP) is 4.67. The van der Waals surface area contributed by atoms with Crippen molar-refractivity contribution in [2.75, 3.05) is 12.8 Å². The van der Waals surface area contributed by atoms with E-state index in [-0.39, 0.29) is 11.7 Å². The number of aromatic nitrogens is 2. The highest BCUT2D eigenvalue weighted by molar-refractivity contribution is 7.99. The summed E-state index contributed by atoms with van der Waals surface area (Å²) in [4.78, 5) is 14.1. The summed E-state index contributed by atoms with van der Waals surface area (Å²) >= 11 is 1.27. The molecule has 0 saturated carbocycles. The van der Waals surface area contributed by atoms with Crippen LogP contribution in [0.2, 0.25) is 0 Å². The highest BCUT2D eigenvalue weighted by Crippen LogP contribution is 2.25. The molecule has 0 saturated heterocycles. The lowest BCUT2D eigenvalue weighted by atomic mass is 10.1. The van der Waals surface area contributed by atoms with Crippen molar-refractivity contribution >= 4 is 17.7 Å². The highest BCUT2D eigenvalue weighted by Gasteiger charge is 2.14. The number of carbonyl (C=O) groups excluding carboxylic acids is 1. The third-order valence-corrected chi connectivity index (χ3v) is 5.27. The largest absolute Gasteiger partial charge is 0.411 e. The number of aryl methyl sites for hydroxylation is 3. The average Bonchev–Trinajstić information content (AvgIpc) is 3.15. The van der Waals surface area contributed by atoms with Gasteiger partial charge in [-0.2, -0.15) is 0 Å². The van der Waals surface area contributed by atoms with E-state index < -0.39 is 0 Å². The van der Waals surface area contributed by atoms with Crippen molar-refractivity contribution in [3.63, 3.8) is 0 Å². The van der Waals surface area contributed by atoms with Gasteiger partial charge in [-0.1, -0.05) is 60.1 Å². The first-order chi connectivity index (χ1) is 13.4. The average molecular weight is 396 g/mol. The molecule has 0 aliphatic rings. The molecule has 2 aromatic carbocycles. The molecule has 0 N–H and O–H groups in total. The molecule has 0 spiro atoms. The van der Waals surface area contributed by atoms with Gasteiger partial charge in [0, 0.05) is 19.2 Å². The van der Waals surface area contributed by atoms with Crippen LogP contribution >= 0.6 is 11.8 Å². The second-order valence-electron chi connectivity index (χ2n) is 6.96. The van der Waals surface area contributed by atoms with E-state index in [2.05, 4.69) is 47.5 Å². The van der Waals surface area contributed by atoms with Crippen LogP contribution in [-0.2, 0) is 17.8 Å². The molecule has 1 amide bonds. The number of rotatable bonds is 7. The number of carbonyl (C=O) groups is 1. The number of amides is 1. The smallest absolute Gasteiger partial charge is 0.277 e. The van der Waals surface area contributed by atoms with Gasteiger partial charge in [0.2, 0.25) is 11.8 Å².